The number of para-hydroxylation sites is 1. The second-order valence-corrected chi connectivity index (χ2v) is 5.54. The molecule has 0 unspecified atom stereocenters. The Hall–Kier alpha value is -3.14. The zero-order valence-corrected chi connectivity index (χ0v) is 13.5. The van der Waals surface area contributed by atoms with E-state index in [9.17, 15) is 4.79 Å². The summed E-state index contributed by atoms with van der Waals surface area (Å²) in [5.41, 5.74) is 4.29. The third-order valence-corrected chi connectivity index (χ3v) is 3.73. The molecule has 2 N–H and O–H groups in total. The molecule has 0 spiro atoms. The predicted octanol–water partition coefficient (Wildman–Crippen LogP) is 4.25. The Morgan fingerprint density at radius 1 is 0.958 bits per heavy atom. The Morgan fingerprint density at radius 2 is 1.71 bits per heavy atom. The monoisotopic (exact) mass is 317 g/mol. The molecule has 0 bridgehead atoms. The van der Waals surface area contributed by atoms with Crippen LogP contribution in [0, 0.1) is 6.92 Å². The van der Waals surface area contributed by atoms with Gasteiger partial charge in [0, 0.05) is 12.2 Å². The highest BCUT2D eigenvalue weighted by Crippen LogP contribution is 2.15. The smallest absolute Gasteiger partial charge is 0.274 e. The van der Waals surface area contributed by atoms with Crippen LogP contribution < -0.4 is 10.6 Å². The van der Waals surface area contributed by atoms with E-state index in [1.54, 1.807) is 12.3 Å². The van der Waals surface area contributed by atoms with Crippen molar-refractivity contribution >= 4 is 17.3 Å². The van der Waals surface area contributed by atoms with E-state index in [2.05, 4.69) is 27.8 Å². The maximum absolute atomic E-state index is 12.3. The average Bonchev–Trinajstić information content (AvgIpc) is 2.63. The molecule has 120 valence electrons. The van der Waals surface area contributed by atoms with Crippen LogP contribution in [0.3, 0.4) is 0 Å². The van der Waals surface area contributed by atoms with Gasteiger partial charge in [-0.3, -0.25) is 4.79 Å². The maximum atomic E-state index is 12.3. The minimum absolute atomic E-state index is 0.209. The number of benzene rings is 2. The van der Waals surface area contributed by atoms with Crippen molar-refractivity contribution in [2.24, 2.45) is 0 Å². The van der Waals surface area contributed by atoms with Gasteiger partial charge in [-0.15, -0.1) is 0 Å². The third-order valence-electron chi connectivity index (χ3n) is 3.73. The Kier molecular flexibility index (Phi) is 4.87. The number of aryl methyl sites for hydroxylation is 1. The molecule has 2 aromatic carbocycles. The Morgan fingerprint density at radius 3 is 2.42 bits per heavy atom. The summed E-state index contributed by atoms with van der Waals surface area (Å²) in [6.07, 6.45) is 1.68. The number of pyridine rings is 1. The van der Waals surface area contributed by atoms with E-state index in [1.165, 1.54) is 5.56 Å². The number of nitrogens with zero attached hydrogens (tertiary/aromatic N) is 1. The van der Waals surface area contributed by atoms with Gasteiger partial charge in [0.25, 0.3) is 5.91 Å². The van der Waals surface area contributed by atoms with Crippen molar-refractivity contribution < 1.29 is 4.79 Å². The van der Waals surface area contributed by atoms with Crippen molar-refractivity contribution in [2.45, 2.75) is 13.5 Å². The SMILES string of the molecule is Cc1ccccc1NC(=O)c1ccc(NCc2ccccc2)cn1. The van der Waals surface area contributed by atoms with Crippen molar-refractivity contribution in [3.8, 4) is 0 Å². The van der Waals surface area contributed by atoms with Crippen molar-refractivity contribution in [3.63, 3.8) is 0 Å². The van der Waals surface area contributed by atoms with Crippen LogP contribution in [0.5, 0.6) is 0 Å². The van der Waals surface area contributed by atoms with E-state index in [0.717, 1.165) is 23.5 Å². The van der Waals surface area contributed by atoms with Gasteiger partial charge in [-0.25, -0.2) is 4.98 Å². The van der Waals surface area contributed by atoms with Gasteiger partial charge in [0.1, 0.15) is 5.69 Å². The summed E-state index contributed by atoms with van der Waals surface area (Å²) in [4.78, 5) is 16.5. The van der Waals surface area contributed by atoms with E-state index in [1.807, 2.05) is 55.5 Å². The van der Waals surface area contributed by atoms with Gasteiger partial charge >= 0.3 is 0 Å². The number of amides is 1. The summed E-state index contributed by atoms with van der Waals surface area (Å²) in [5.74, 6) is -0.209. The number of aromatic nitrogens is 1. The second-order valence-electron chi connectivity index (χ2n) is 5.54. The fraction of sp³-hybridized carbons (Fsp3) is 0.100. The molecule has 0 atom stereocenters. The molecule has 0 aliphatic rings. The van der Waals surface area contributed by atoms with Crippen LogP contribution in [0.1, 0.15) is 21.6 Å². The molecule has 24 heavy (non-hydrogen) atoms. The fourth-order valence-electron chi connectivity index (χ4n) is 2.33. The van der Waals surface area contributed by atoms with Gasteiger partial charge in [0.2, 0.25) is 0 Å². The summed E-state index contributed by atoms with van der Waals surface area (Å²) < 4.78 is 0. The van der Waals surface area contributed by atoms with Gasteiger partial charge in [-0.05, 0) is 36.2 Å². The molecule has 0 fully saturated rings. The fourth-order valence-corrected chi connectivity index (χ4v) is 2.33. The quantitative estimate of drug-likeness (QED) is 0.739. The van der Waals surface area contributed by atoms with Crippen molar-refractivity contribution in [3.05, 3.63) is 89.7 Å². The lowest BCUT2D eigenvalue weighted by atomic mass is 10.2. The van der Waals surface area contributed by atoms with E-state index in [0.29, 0.717) is 5.69 Å². The van der Waals surface area contributed by atoms with Gasteiger partial charge in [0.15, 0.2) is 0 Å². The van der Waals surface area contributed by atoms with Crippen LogP contribution in [0.25, 0.3) is 0 Å². The van der Waals surface area contributed by atoms with E-state index < -0.39 is 0 Å². The second kappa shape index (κ2) is 7.42. The number of carbonyl (C=O) groups excluding carboxylic acids is 1. The number of nitrogens with one attached hydrogen (secondary N) is 2. The number of hydrogen-bond acceptors (Lipinski definition) is 3. The van der Waals surface area contributed by atoms with Crippen LogP contribution in [0.15, 0.2) is 72.9 Å². The van der Waals surface area contributed by atoms with Gasteiger partial charge < -0.3 is 10.6 Å². The highest BCUT2D eigenvalue weighted by Gasteiger charge is 2.08. The molecule has 4 heteroatoms. The molecule has 1 heterocycles. The molecule has 1 aromatic heterocycles. The standard InChI is InChI=1S/C20H19N3O/c1-15-7-5-6-10-18(15)23-20(24)19-12-11-17(14-22-19)21-13-16-8-3-2-4-9-16/h2-12,14,21H,13H2,1H3,(H,23,24). The summed E-state index contributed by atoms with van der Waals surface area (Å²) in [6, 6.07) is 21.4. The molecule has 3 rings (SSSR count). The number of carbonyl (C=O) groups is 1. The average molecular weight is 317 g/mol. The number of anilines is 2. The first kappa shape index (κ1) is 15.7. The van der Waals surface area contributed by atoms with Gasteiger partial charge in [-0.1, -0.05) is 48.5 Å². The van der Waals surface area contributed by atoms with Gasteiger partial charge in [0.05, 0.1) is 11.9 Å². The molecule has 0 saturated heterocycles. The molecule has 0 saturated carbocycles. The zero-order valence-electron chi connectivity index (χ0n) is 13.5. The summed E-state index contributed by atoms with van der Waals surface area (Å²) in [7, 11) is 0. The lowest BCUT2D eigenvalue weighted by Crippen LogP contribution is -2.14. The third kappa shape index (κ3) is 3.98. The normalized spacial score (nSPS) is 10.2. The molecular weight excluding hydrogens is 298 g/mol. The maximum Gasteiger partial charge on any atom is 0.274 e. The lowest BCUT2D eigenvalue weighted by molar-refractivity contribution is 0.102. The van der Waals surface area contributed by atoms with Gasteiger partial charge in [-0.2, -0.15) is 0 Å². The van der Waals surface area contributed by atoms with Crippen molar-refractivity contribution in [1.82, 2.24) is 4.98 Å². The van der Waals surface area contributed by atoms with E-state index >= 15 is 0 Å². The molecular formula is C20H19N3O. The largest absolute Gasteiger partial charge is 0.380 e. The first-order valence-electron chi connectivity index (χ1n) is 7.83. The van der Waals surface area contributed by atoms with Crippen LogP contribution in [-0.2, 0) is 6.54 Å². The summed E-state index contributed by atoms with van der Waals surface area (Å²) in [6.45, 7) is 2.68. The highest BCUT2D eigenvalue weighted by molar-refractivity contribution is 6.03. The van der Waals surface area contributed by atoms with E-state index in [4.69, 9.17) is 0 Å². The van der Waals surface area contributed by atoms with E-state index in [-0.39, 0.29) is 5.91 Å². The molecule has 3 aromatic rings. The van der Waals surface area contributed by atoms with Crippen LogP contribution >= 0.6 is 0 Å². The van der Waals surface area contributed by atoms with Crippen LogP contribution in [0.2, 0.25) is 0 Å². The Labute approximate surface area is 141 Å². The topological polar surface area (TPSA) is 54.0 Å². The molecule has 0 aliphatic heterocycles. The van der Waals surface area contributed by atoms with Crippen molar-refractivity contribution in [2.75, 3.05) is 10.6 Å². The summed E-state index contributed by atoms with van der Waals surface area (Å²) >= 11 is 0. The predicted molar refractivity (Wildman–Crippen MR) is 97.1 cm³/mol. The van der Waals surface area contributed by atoms with Crippen LogP contribution in [-0.4, -0.2) is 10.9 Å². The van der Waals surface area contributed by atoms with Crippen molar-refractivity contribution in [1.29, 1.82) is 0 Å². The Balaban J connectivity index is 1.61. The lowest BCUT2D eigenvalue weighted by Gasteiger charge is -2.09. The minimum Gasteiger partial charge on any atom is -0.380 e. The highest BCUT2D eigenvalue weighted by atomic mass is 16.1. The zero-order chi connectivity index (χ0) is 16.8. The number of hydrogen-bond donors (Lipinski definition) is 2. The van der Waals surface area contributed by atoms with Crippen LogP contribution in [0.4, 0.5) is 11.4 Å². The Bertz CT molecular complexity index is 814. The summed E-state index contributed by atoms with van der Waals surface area (Å²) in [5, 5.41) is 6.17. The number of rotatable bonds is 5. The molecule has 0 radical (unpaired) electrons. The molecule has 1 amide bonds. The first-order chi connectivity index (χ1) is 11.7. The molecule has 0 aliphatic carbocycles. The minimum atomic E-state index is -0.209. The molecule has 4 nitrogen and oxygen atoms in total. The first-order valence-corrected chi connectivity index (χ1v) is 7.83.